The van der Waals surface area contributed by atoms with E-state index in [0.29, 0.717) is 6.04 Å². The number of nitrogens with two attached hydrogens (primary N) is 1. The van der Waals surface area contributed by atoms with E-state index in [1.54, 1.807) is 0 Å². The molecule has 3 atom stereocenters. The van der Waals surface area contributed by atoms with Gasteiger partial charge in [0.1, 0.15) is 0 Å². The van der Waals surface area contributed by atoms with Crippen LogP contribution in [-0.4, -0.2) is 35.0 Å². The summed E-state index contributed by atoms with van der Waals surface area (Å²) in [6.45, 7) is 9.00. The minimum atomic E-state index is 0.197. The number of nitrogens with zero attached hydrogens (tertiary/aromatic N) is 1. The molecule has 4 heteroatoms. The van der Waals surface area contributed by atoms with Crippen LogP contribution in [0.4, 0.5) is 0 Å². The van der Waals surface area contributed by atoms with E-state index in [1.807, 2.05) is 11.3 Å². The Labute approximate surface area is 119 Å². The molecule has 1 aromatic rings. The van der Waals surface area contributed by atoms with Gasteiger partial charge in [-0.2, -0.15) is 11.8 Å². The summed E-state index contributed by atoms with van der Waals surface area (Å²) >= 11 is 3.98. The maximum atomic E-state index is 6.27. The van der Waals surface area contributed by atoms with Crippen molar-refractivity contribution in [3.8, 4) is 0 Å². The minimum absolute atomic E-state index is 0.197. The second-order valence-corrected chi connectivity index (χ2v) is 7.52. The molecular weight excluding hydrogens is 260 g/mol. The van der Waals surface area contributed by atoms with Crippen molar-refractivity contribution in [3.63, 3.8) is 0 Å². The van der Waals surface area contributed by atoms with Crippen LogP contribution < -0.4 is 5.73 Å². The summed E-state index contributed by atoms with van der Waals surface area (Å²) in [4.78, 5) is 4.07. The summed E-state index contributed by atoms with van der Waals surface area (Å²) in [5.74, 6) is 1.24. The van der Waals surface area contributed by atoms with Crippen molar-refractivity contribution in [1.29, 1.82) is 0 Å². The van der Waals surface area contributed by atoms with Crippen molar-refractivity contribution >= 4 is 23.1 Å². The van der Waals surface area contributed by atoms with Gasteiger partial charge in [0.05, 0.1) is 6.04 Å². The average Bonchev–Trinajstić information content (AvgIpc) is 2.76. The molecule has 0 amide bonds. The first kappa shape index (κ1) is 14.4. The van der Waals surface area contributed by atoms with Gasteiger partial charge in [0.2, 0.25) is 0 Å². The monoisotopic (exact) mass is 284 g/mol. The van der Waals surface area contributed by atoms with E-state index in [-0.39, 0.29) is 6.04 Å². The quantitative estimate of drug-likeness (QED) is 0.920. The molecule has 2 N–H and O–H groups in total. The van der Waals surface area contributed by atoms with E-state index >= 15 is 0 Å². The molecule has 1 aliphatic heterocycles. The molecule has 2 nitrogen and oxygen atoms in total. The topological polar surface area (TPSA) is 29.3 Å². The third kappa shape index (κ3) is 3.10. The highest BCUT2D eigenvalue weighted by Crippen LogP contribution is 2.34. The van der Waals surface area contributed by atoms with E-state index < -0.39 is 0 Å². The third-order valence-corrected chi connectivity index (χ3v) is 6.15. The van der Waals surface area contributed by atoms with Gasteiger partial charge in [-0.25, -0.2) is 0 Å². The molecule has 1 aliphatic rings. The lowest BCUT2D eigenvalue weighted by Gasteiger charge is -2.39. The Morgan fingerprint density at radius 3 is 2.89 bits per heavy atom. The van der Waals surface area contributed by atoms with Gasteiger partial charge in [0.25, 0.3) is 0 Å². The van der Waals surface area contributed by atoms with Crippen LogP contribution >= 0.6 is 23.1 Å². The van der Waals surface area contributed by atoms with Crippen LogP contribution in [0.2, 0.25) is 0 Å². The smallest absolute Gasteiger partial charge is 0.0594 e. The first-order chi connectivity index (χ1) is 8.63. The highest BCUT2D eigenvalue weighted by atomic mass is 32.2. The van der Waals surface area contributed by atoms with Gasteiger partial charge in [0, 0.05) is 35.0 Å². The molecule has 102 valence electrons. The molecule has 1 saturated heterocycles. The molecule has 0 bridgehead atoms. The summed E-state index contributed by atoms with van der Waals surface area (Å²) in [5.41, 5.74) is 7.67. The predicted molar refractivity (Wildman–Crippen MR) is 83.6 cm³/mol. The van der Waals surface area contributed by atoms with E-state index in [2.05, 4.69) is 48.9 Å². The molecule has 1 fully saturated rings. The zero-order chi connectivity index (χ0) is 13.1. The molecule has 0 aliphatic carbocycles. The van der Waals surface area contributed by atoms with Crippen LogP contribution in [0.3, 0.4) is 0 Å². The standard InChI is InChI=1S/C14H24N2S2/c1-4-12-9-16(6-8-17-12)13(11(3)15)14-10(2)5-7-18-14/h5,7,11-13H,4,6,8-9,15H2,1-3H3. The Bertz CT molecular complexity index is 376. The molecule has 2 rings (SSSR count). The normalized spacial score (nSPS) is 25.0. The molecular formula is C14H24N2S2. The number of thioether (sulfide) groups is 1. The lowest BCUT2D eigenvalue weighted by molar-refractivity contribution is 0.184. The van der Waals surface area contributed by atoms with Gasteiger partial charge in [-0.3, -0.25) is 4.90 Å². The second kappa shape index (κ2) is 6.42. The Kier molecular flexibility index (Phi) is 5.13. The predicted octanol–water partition coefficient (Wildman–Crippen LogP) is 3.27. The van der Waals surface area contributed by atoms with Gasteiger partial charge >= 0.3 is 0 Å². The average molecular weight is 284 g/mol. The van der Waals surface area contributed by atoms with Crippen LogP contribution in [0.15, 0.2) is 11.4 Å². The zero-order valence-electron chi connectivity index (χ0n) is 11.6. The van der Waals surface area contributed by atoms with Crippen LogP contribution in [-0.2, 0) is 0 Å². The van der Waals surface area contributed by atoms with E-state index in [4.69, 9.17) is 5.73 Å². The van der Waals surface area contributed by atoms with Crippen LogP contribution in [0.5, 0.6) is 0 Å². The molecule has 18 heavy (non-hydrogen) atoms. The van der Waals surface area contributed by atoms with E-state index in [9.17, 15) is 0 Å². The minimum Gasteiger partial charge on any atom is -0.326 e. The second-order valence-electron chi connectivity index (χ2n) is 5.17. The van der Waals surface area contributed by atoms with Crippen molar-refractivity contribution in [2.75, 3.05) is 18.8 Å². The first-order valence-electron chi connectivity index (χ1n) is 6.78. The SMILES string of the molecule is CCC1CN(C(c2sccc2C)C(C)N)CCS1. The number of hydrogen-bond donors (Lipinski definition) is 1. The number of thiophene rings is 1. The molecule has 1 aromatic heterocycles. The van der Waals surface area contributed by atoms with Gasteiger partial charge in [-0.1, -0.05) is 6.92 Å². The lowest BCUT2D eigenvalue weighted by Crippen LogP contribution is -2.45. The highest BCUT2D eigenvalue weighted by Gasteiger charge is 2.30. The van der Waals surface area contributed by atoms with Crippen molar-refractivity contribution in [1.82, 2.24) is 4.90 Å². The summed E-state index contributed by atoms with van der Waals surface area (Å²) in [5, 5.41) is 2.97. The largest absolute Gasteiger partial charge is 0.326 e. The lowest BCUT2D eigenvalue weighted by atomic mass is 10.0. The van der Waals surface area contributed by atoms with Crippen LogP contribution in [0, 0.1) is 6.92 Å². The molecule has 0 saturated carbocycles. The maximum absolute atomic E-state index is 6.27. The number of rotatable bonds is 4. The summed E-state index contributed by atoms with van der Waals surface area (Å²) in [7, 11) is 0. The first-order valence-corrected chi connectivity index (χ1v) is 8.71. The number of hydrogen-bond acceptors (Lipinski definition) is 4. The van der Waals surface area contributed by atoms with Gasteiger partial charge in [-0.15, -0.1) is 11.3 Å². The Balaban J connectivity index is 2.18. The number of aryl methyl sites for hydroxylation is 1. The van der Waals surface area contributed by atoms with Crippen LogP contribution in [0.1, 0.15) is 36.8 Å². The summed E-state index contributed by atoms with van der Waals surface area (Å²) < 4.78 is 0. The molecule has 2 heterocycles. The van der Waals surface area contributed by atoms with Crippen LogP contribution in [0.25, 0.3) is 0 Å². The molecule has 3 unspecified atom stereocenters. The Hall–Kier alpha value is -0.0300. The summed E-state index contributed by atoms with van der Waals surface area (Å²) in [6, 6.07) is 2.81. The molecule has 0 spiro atoms. The van der Waals surface area contributed by atoms with Gasteiger partial charge in [-0.05, 0) is 37.3 Å². The van der Waals surface area contributed by atoms with Crippen molar-refractivity contribution in [2.45, 2.75) is 44.5 Å². The maximum Gasteiger partial charge on any atom is 0.0594 e. The molecule has 0 aromatic carbocycles. The summed E-state index contributed by atoms with van der Waals surface area (Å²) in [6.07, 6.45) is 1.26. The zero-order valence-corrected chi connectivity index (χ0v) is 13.2. The molecule has 0 radical (unpaired) electrons. The van der Waals surface area contributed by atoms with Crippen molar-refractivity contribution in [3.05, 3.63) is 21.9 Å². The Morgan fingerprint density at radius 2 is 2.33 bits per heavy atom. The fourth-order valence-electron chi connectivity index (χ4n) is 2.67. The Morgan fingerprint density at radius 1 is 1.56 bits per heavy atom. The van der Waals surface area contributed by atoms with Crippen molar-refractivity contribution in [2.24, 2.45) is 5.73 Å². The van der Waals surface area contributed by atoms with E-state index in [1.165, 1.54) is 35.7 Å². The highest BCUT2D eigenvalue weighted by molar-refractivity contribution is 8.00. The van der Waals surface area contributed by atoms with Gasteiger partial charge in [0.15, 0.2) is 0 Å². The van der Waals surface area contributed by atoms with E-state index in [0.717, 1.165) is 5.25 Å². The fraction of sp³-hybridized carbons (Fsp3) is 0.714. The third-order valence-electron chi connectivity index (χ3n) is 3.69. The van der Waals surface area contributed by atoms with Gasteiger partial charge < -0.3 is 5.73 Å². The van der Waals surface area contributed by atoms with Crippen molar-refractivity contribution < 1.29 is 0 Å². The fourth-order valence-corrected chi connectivity index (χ4v) is 5.05.